The highest BCUT2D eigenvalue weighted by Crippen LogP contribution is 2.55. The third-order valence-electron chi connectivity index (χ3n) is 7.83. The minimum atomic E-state index is -0.738. The summed E-state index contributed by atoms with van der Waals surface area (Å²) >= 11 is 0. The summed E-state index contributed by atoms with van der Waals surface area (Å²) in [5, 5.41) is 10.7. The third kappa shape index (κ3) is 3.62. The lowest BCUT2D eigenvalue weighted by Gasteiger charge is -2.57. The molecule has 2 aromatic rings. The van der Waals surface area contributed by atoms with Crippen molar-refractivity contribution in [1.29, 1.82) is 0 Å². The van der Waals surface area contributed by atoms with Crippen LogP contribution in [0.3, 0.4) is 0 Å². The Bertz CT molecular complexity index is 1240. The first kappa shape index (κ1) is 25.2. The lowest BCUT2D eigenvalue weighted by Crippen LogP contribution is -2.69. The van der Waals surface area contributed by atoms with E-state index in [1.807, 2.05) is 31.2 Å². The number of aliphatic hydroxyl groups excluding tert-OH is 1. The summed E-state index contributed by atoms with van der Waals surface area (Å²) in [6, 6.07) is 5.61. The van der Waals surface area contributed by atoms with Crippen LogP contribution in [0.15, 0.2) is 24.3 Å². The van der Waals surface area contributed by atoms with Crippen LogP contribution >= 0.6 is 0 Å². The van der Waals surface area contributed by atoms with Gasteiger partial charge in [0.15, 0.2) is 11.5 Å². The summed E-state index contributed by atoms with van der Waals surface area (Å²) in [6.07, 6.45) is -0.0494. The smallest absolute Gasteiger partial charge is 0.411 e. The molecule has 2 aromatic carbocycles. The number of hydrogen-bond donors (Lipinski definition) is 1. The quantitative estimate of drug-likeness (QED) is 0.659. The van der Waals surface area contributed by atoms with E-state index in [-0.39, 0.29) is 18.6 Å². The van der Waals surface area contributed by atoms with Crippen molar-refractivity contribution in [1.82, 2.24) is 9.80 Å². The first-order valence-electron chi connectivity index (χ1n) is 12.6. The predicted molar refractivity (Wildman–Crippen MR) is 135 cm³/mol. The number of ether oxygens (including phenoxy) is 4. The summed E-state index contributed by atoms with van der Waals surface area (Å²) in [4.78, 5) is 31.0. The highest BCUT2D eigenvalue weighted by atomic mass is 16.6. The summed E-state index contributed by atoms with van der Waals surface area (Å²) < 4.78 is 23.0. The van der Waals surface area contributed by atoms with E-state index in [1.54, 1.807) is 45.0 Å². The van der Waals surface area contributed by atoms with Crippen LogP contribution in [0.1, 0.15) is 53.7 Å². The Morgan fingerprint density at radius 1 is 1.05 bits per heavy atom. The zero-order valence-electron chi connectivity index (χ0n) is 22.1. The summed E-state index contributed by atoms with van der Waals surface area (Å²) in [5.74, 6) is 1.39. The van der Waals surface area contributed by atoms with E-state index in [1.165, 1.54) is 0 Å². The van der Waals surface area contributed by atoms with Crippen molar-refractivity contribution in [2.24, 2.45) is 0 Å². The maximum Gasteiger partial charge on any atom is 0.411 e. The number of fused-ring (bicyclic) bond motifs is 7. The molecule has 2 bridgehead atoms. The topological polar surface area (TPSA) is 97.8 Å². The minimum absolute atomic E-state index is 0.221. The molecular weight excluding hydrogens is 476 g/mol. The molecule has 1 N–H and O–H groups in total. The van der Waals surface area contributed by atoms with Crippen LogP contribution in [0.5, 0.6) is 17.2 Å². The molecule has 9 heteroatoms. The molecule has 0 saturated carbocycles. The van der Waals surface area contributed by atoms with Crippen molar-refractivity contribution in [3.05, 3.63) is 52.1 Å². The molecule has 37 heavy (non-hydrogen) atoms. The monoisotopic (exact) mass is 510 g/mol. The molecule has 9 nitrogen and oxygen atoms in total. The van der Waals surface area contributed by atoms with Gasteiger partial charge in [-0.3, -0.25) is 9.69 Å². The number of hydrogen-bond acceptors (Lipinski definition) is 7. The molecule has 3 aliphatic heterocycles. The number of aliphatic hydroxyl groups is 1. The number of methoxy groups -OCH3 is 3. The number of piperazine rings is 1. The van der Waals surface area contributed by atoms with E-state index >= 15 is 0 Å². The van der Waals surface area contributed by atoms with Crippen molar-refractivity contribution < 1.29 is 33.6 Å². The Morgan fingerprint density at radius 3 is 2.35 bits per heavy atom. The molecule has 1 fully saturated rings. The van der Waals surface area contributed by atoms with Crippen molar-refractivity contribution in [2.45, 2.75) is 63.9 Å². The minimum Gasteiger partial charge on any atom is -0.496 e. The zero-order valence-corrected chi connectivity index (χ0v) is 22.1. The summed E-state index contributed by atoms with van der Waals surface area (Å²) in [5.41, 5.74) is 4.31. The maximum absolute atomic E-state index is 14.2. The van der Waals surface area contributed by atoms with E-state index in [0.29, 0.717) is 35.7 Å². The highest BCUT2D eigenvalue weighted by Gasteiger charge is 2.57. The third-order valence-corrected chi connectivity index (χ3v) is 7.83. The fourth-order valence-electron chi connectivity index (χ4n) is 6.53. The van der Waals surface area contributed by atoms with E-state index < -0.39 is 30.3 Å². The molecule has 4 atom stereocenters. The number of nitrogens with zero attached hydrogens (tertiary/aromatic N) is 2. The van der Waals surface area contributed by atoms with Crippen LogP contribution in [0.2, 0.25) is 0 Å². The second kappa shape index (κ2) is 9.45. The van der Waals surface area contributed by atoms with Gasteiger partial charge in [-0.1, -0.05) is 24.3 Å². The van der Waals surface area contributed by atoms with E-state index in [2.05, 4.69) is 0 Å². The van der Waals surface area contributed by atoms with Gasteiger partial charge in [0.25, 0.3) is 0 Å². The number of carbonyl (C=O) groups excluding carboxylic acids is 2. The Labute approximate surface area is 216 Å². The van der Waals surface area contributed by atoms with Crippen LogP contribution in [-0.2, 0) is 22.4 Å². The molecule has 0 unspecified atom stereocenters. The first-order chi connectivity index (χ1) is 17.8. The lowest BCUT2D eigenvalue weighted by molar-refractivity contribution is -0.158. The predicted octanol–water partition coefficient (Wildman–Crippen LogP) is 3.33. The molecule has 0 radical (unpaired) electrons. The largest absolute Gasteiger partial charge is 0.496 e. The van der Waals surface area contributed by atoms with Gasteiger partial charge in [-0.15, -0.1) is 0 Å². The standard InChI is InChI=1S/C28H34N2O7/c1-14(2)37-28(33)30-20-11-16-9-7-8-10-17(16)23(30)19-12-18-22(21(13-31)29(19)27(20)32)26(36-6)25(35-5)15(3)24(18)34-4/h7-10,14,19-21,23,31H,11-13H2,1-6H3/t19-,20-,21-,23+/m0/s1. The number of carbonyl (C=O) groups is 2. The van der Waals surface area contributed by atoms with Gasteiger partial charge in [-0.2, -0.15) is 0 Å². The lowest BCUT2D eigenvalue weighted by atomic mass is 9.74. The van der Waals surface area contributed by atoms with Crippen LogP contribution in [0.25, 0.3) is 0 Å². The van der Waals surface area contributed by atoms with Crippen molar-refractivity contribution in [3.8, 4) is 17.2 Å². The Balaban J connectivity index is 1.76. The van der Waals surface area contributed by atoms with E-state index in [4.69, 9.17) is 18.9 Å². The maximum atomic E-state index is 14.2. The van der Waals surface area contributed by atoms with Gasteiger partial charge >= 0.3 is 6.09 Å². The van der Waals surface area contributed by atoms with Gasteiger partial charge in [0.1, 0.15) is 11.8 Å². The molecule has 2 amide bonds. The van der Waals surface area contributed by atoms with Crippen LogP contribution in [-0.4, -0.2) is 73.0 Å². The molecule has 3 aliphatic rings. The fourth-order valence-corrected chi connectivity index (χ4v) is 6.53. The molecule has 0 spiro atoms. The van der Waals surface area contributed by atoms with Crippen molar-refractivity contribution in [3.63, 3.8) is 0 Å². The molecule has 1 saturated heterocycles. The highest BCUT2D eigenvalue weighted by molar-refractivity contribution is 5.90. The van der Waals surface area contributed by atoms with E-state index in [9.17, 15) is 14.7 Å². The van der Waals surface area contributed by atoms with Gasteiger partial charge in [-0.25, -0.2) is 4.79 Å². The van der Waals surface area contributed by atoms with Crippen LogP contribution in [0.4, 0.5) is 4.79 Å². The van der Waals surface area contributed by atoms with Gasteiger partial charge in [0.2, 0.25) is 5.91 Å². The molecule has 5 rings (SSSR count). The first-order valence-corrected chi connectivity index (χ1v) is 12.6. The summed E-state index contributed by atoms with van der Waals surface area (Å²) in [6.45, 7) is 5.17. The number of rotatable bonds is 5. The molecule has 0 aliphatic carbocycles. The number of benzene rings is 2. The fraction of sp³-hybridized carbons (Fsp3) is 0.500. The number of amides is 2. The van der Waals surface area contributed by atoms with Crippen LogP contribution < -0.4 is 14.2 Å². The SMILES string of the molecule is COc1c(C)c(OC)c(OC)c2c1C[C@H]1[C@H]3c4ccccc4C[C@@H](C(=O)N1[C@H]2CO)N3C(=O)OC(C)C. The molecule has 198 valence electrons. The van der Waals surface area contributed by atoms with Gasteiger partial charge in [0, 0.05) is 23.1 Å². The van der Waals surface area contributed by atoms with Gasteiger partial charge < -0.3 is 29.0 Å². The van der Waals surface area contributed by atoms with Crippen molar-refractivity contribution in [2.75, 3.05) is 27.9 Å². The average molecular weight is 511 g/mol. The Hall–Kier alpha value is -3.46. The zero-order chi connectivity index (χ0) is 26.6. The molecule has 3 heterocycles. The second-order valence-electron chi connectivity index (χ2n) is 10.0. The average Bonchev–Trinajstić information content (AvgIpc) is 2.88. The van der Waals surface area contributed by atoms with Crippen LogP contribution in [0, 0.1) is 6.92 Å². The molecule has 0 aromatic heterocycles. The van der Waals surface area contributed by atoms with Crippen molar-refractivity contribution >= 4 is 12.0 Å². The Kier molecular flexibility index (Phi) is 6.43. The summed E-state index contributed by atoms with van der Waals surface area (Å²) in [7, 11) is 4.71. The Morgan fingerprint density at radius 2 is 1.73 bits per heavy atom. The second-order valence-corrected chi connectivity index (χ2v) is 10.0. The molecular formula is C28H34N2O7. The van der Waals surface area contributed by atoms with E-state index in [0.717, 1.165) is 22.3 Å². The normalized spacial score (nSPS) is 23.7. The van der Waals surface area contributed by atoms with Gasteiger partial charge in [0.05, 0.1) is 52.2 Å². The van der Waals surface area contributed by atoms with Gasteiger partial charge in [-0.05, 0) is 38.3 Å².